The van der Waals surface area contributed by atoms with E-state index in [9.17, 15) is 4.79 Å². The lowest BCUT2D eigenvalue weighted by molar-refractivity contribution is 0.102. The maximum absolute atomic E-state index is 13.5. The van der Waals surface area contributed by atoms with E-state index in [-0.39, 0.29) is 32.2 Å². The van der Waals surface area contributed by atoms with Crippen molar-refractivity contribution in [3.05, 3.63) is 60.9 Å². The second kappa shape index (κ2) is 9.43. The summed E-state index contributed by atoms with van der Waals surface area (Å²) in [5, 5.41) is 3.24. The minimum atomic E-state index is -0.254. The van der Waals surface area contributed by atoms with Crippen molar-refractivity contribution in [3.63, 3.8) is 0 Å². The van der Waals surface area contributed by atoms with Gasteiger partial charge in [0, 0.05) is 36.0 Å². The van der Waals surface area contributed by atoms with Crippen LogP contribution in [0.1, 0.15) is 10.4 Å². The molecule has 0 aliphatic carbocycles. The van der Waals surface area contributed by atoms with Crippen LogP contribution >= 0.6 is 0 Å². The Bertz CT molecular complexity index is 1640. The Balaban J connectivity index is 1.48. The summed E-state index contributed by atoms with van der Waals surface area (Å²) in [6.45, 7) is 0. The molecule has 0 unspecified atom stereocenters. The number of imidazole rings is 1. The smallest absolute Gasteiger partial charge is 0.257 e. The number of pyridine rings is 3. The molecule has 1 amide bonds. The van der Waals surface area contributed by atoms with Gasteiger partial charge in [-0.2, -0.15) is 0 Å². The molecule has 1 aliphatic heterocycles. The van der Waals surface area contributed by atoms with Crippen molar-refractivity contribution in [2.45, 2.75) is 26.3 Å². The summed E-state index contributed by atoms with van der Waals surface area (Å²) >= 11 is 0. The van der Waals surface area contributed by atoms with Crippen molar-refractivity contribution in [1.29, 1.82) is 0 Å². The largest absolute Gasteiger partial charge is 0.379 e. The molecule has 1 fully saturated rings. The summed E-state index contributed by atoms with van der Waals surface area (Å²) in [4.78, 5) is 34.0. The summed E-state index contributed by atoms with van der Waals surface area (Å²) in [6, 6.07) is 7.55. The van der Waals surface area contributed by atoms with E-state index in [1.165, 1.54) is 0 Å². The number of rotatable bonds is 4. The average Bonchev–Trinajstić information content (AvgIpc) is 3.33. The molecular weight excluding hydrogens is 498 g/mol. The number of aryl methyl sites for hydroxylation is 1. The van der Waals surface area contributed by atoms with E-state index in [4.69, 9.17) is 4.98 Å². The number of nitrogens with zero attached hydrogens (tertiary/aromatic N) is 6. The van der Waals surface area contributed by atoms with Crippen molar-refractivity contribution in [2.24, 2.45) is 7.05 Å². The Morgan fingerprint density at radius 1 is 0.805 bits per heavy atom. The van der Waals surface area contributed by atoms with Crippen molar-refractivity contribution in [3.8, 4) is 11.3 Å². The summed E-state index contributed by atoms with van der Waals surface area (Å²) < 4.78 is 1.95. The highest BCUT2D eigenvalue weighted by Crippen LogP contribution is 2.69. The first kappa shape index (κ1) is 29.3. The van der Waals surface area contributed by atoms with E-state index in [0.717, 1.165) is 28.0 Å². The van der Waals surface area contributed by atoms with E-state index in [1.807, 2.05) is 42.2 Å². The van der Waals surface area contributed by atoms with Gasteiger partial charge in [0.05, 0.1) is 77.0 Å². The third-order valence-corrected chi connectivity index (χ3v) is 11.5. The predicted molar refractivity (Wildman–Crippen MR) is 195 cm³/mol. The van der Waals surface area contributed by atoms with Crippen LogP contribution in [0, 0.1) is 0 Å². The Hall–Kier alpha value is -3.16. The van der Waals surface area contributed by atoms with Gasteiger partial charge in [0.15, 0.2) is 0 Å². The predicted octanol–water partition coefficient (Wildman–Crippen LogP) is -6.52. The van der Waals surface area contributed by atoms with E-state index in [2.05, 4.69) is 104 Å². The topological polar surface area (TPSA) is 88.8 Å². The standard InChI is InChI=1S/C23H33B10N7O/c1-39-10-34-9-15(39)13-4-12-5-16(37-8-14(12)36-7-13)38-18(41)11-2-3-35-17(6-11)40-22(30,31)20(26,27)19(24,25)21(28,29)23(40,32)33/h2-10H,24-33H2,1H3,(H,37,38,41). The quantitative estimate of drug-likeness (QED) is 0.264. The Kier molecular flexibility index (Phi) is 6.75. The monoisotopic (exact) mass is 533 g/mol. The second-order valence-electron chi connectivity index (χ2n) is 14.1. The van der Waals surface area contributed by atoms with Gasteiger partial charge in [0.25, 0.3) is 5.91 Å². The van der Waals surface area contributed by atoms with Crippen molar-refractivity contribution < 1.29 is 4.79 Å². The fourth-order valence-electron chi connectivity index (χ4n) is 6.89. The third kappa shape index (κ3) is 4.23. The zero-order chi connectivity index (χ0) is 30.2. The highest BCUT2D eigenvalue weighted by atomic mass is 16.1. The number of hydrogen-bond acceptors (Lipinski definition) is 6. The zero-order valence-electron chi connectivity index (χ0n) is 26.3. The van der Waals surface area contributed by atoms with Gasteiger partial charge in [-0.15, -0.1) is 0 Å². The van der Waals surface area contributed by atoms with Crippen LogP contribution in [0.15, 0.2) is 55.4 Å². The molecule has 1 N–H and O–H groups in total. The summed E-state index contributed by atoms with van der Waals surface area (Å²) in [6.07, 6.45) is 8.79. The maximum Gasteiger partial charge on any atom is 0.257 e. The molecule has 0 saturated carbocycles. The number of carbonyl (C=O) groups is 1. The van der Waals surface area contributed by atoms with Gasteiger partial charge in [-0.05, 0) is 34.9 Å². The minimum absolute atomic E-state index is 0.0195. The maximum atomic E-state index is 13.5. The van der Waals surface area contributed by atoms with Gasteiger partial charge >= 0.3 is 0 Å². The second-order valence-corrected chi connectivity index (χ2v) is 14.1. The van der Waals surface area contributed by atoms with Crippen LogP contribution in [0.25, 0.3) is 22.2 Å². The Labute approximate surface area is 251 Å². The number of piperidine rings is 1. The van der Waals surface area contributed by atoms with Crippen LogP contribution in [0.4, 0.5) is 11.6 Å². The number of amides is 1. The number of hydrogen-bond donors (Lipinski definition) is 1. The molecule has 0 bridgehead atoms. The lowest BCUT2D eigenvalue weighted by Crippen LogP contribution is -2.81. The van der Waals surface area contributed by atoms with Gasteiger partial charge in [0.1, 0.15) is 43.0 Å². The lowest BCUT2D eigenvalue weighted by Gasteiger charge is -2.77. The number of nitrogens with one attached hydrogen (secondary N) is 1. The van der Waals surface area contributed by atoms with Crippen LogP contribution in [0.2, 0.25) is 15.6 Å². The molecule has 5 rings (SSSR count). The van der Waals surface area contributed by atoms with Crippen LogP contribution < -0.4 is 10.2 Å². The molecule has 0 spiro atoms. The summed E-state index contributed by atoms with van der Waals surface area (Å²) in [5.74, 6) is 1.02. The third-order valence-electron chi connectivity index (χ3n) is 11.5. The van der Waals surface area contributed by atoms with Crippen molar-refractivity contribution >= 4 is 107 Å². The molecular formula is C23H33B10N7O. The fourth-order valence-corrected chi connectivity index (χ4v) is 6.89. The highest BCUT2D eigenvalue weighted by molar-refractivity contribution is 6.71. The molecule has 196 valence electrons. The molecule has 1 aliphatic rings. The van der Waals surface area contributed by atoms with Gasteiger partial charge < -0.3 is 14.8 Å². The number of aromatic nitrogens is 5. The van der Waals surface area contributed by atoms with Crippen LogP contribution in [0.3, 0.4) is 0 Å². The molecule has 41 heavy (non-hydrogen) atoms. The SMILES string of the molecule is BC1(B)N(c2cc(C(=O)Nc3cc4cc(-c5cncn5C)cnc4cn3)ccn2)C(B)(B)C(B)(B)C(B)(B)C1(B)B. The van der Waals surface area contributed by atoms with E-state index < -0.39 is 0 Å². The zero-order valence-corrected chi connectivity index (χ0v) is 26.3. The molecule has 8 nitrogen and oxygen atoms in total. The fraction of sp³-hybridized carbons (Fsp3) is 0.261. The Morgan fingerprint density at radius 3 is 2.07 bits per heavy atom. The van der Waals surface area contributed by atoms with Crippen molar-refractivity contribution in [2.75, 3.05) is 10.2 Å². The number of anilines is 2. The van der Waals surface area contributed by atoms with Crippen LogP contribution in [-0.4, -0.2) is 120 Å². The number of carbonyl (C=O) groups excluding carboxylic acids is 1. The first-order valence-corrected chi connectivity index (χ1v) is 14.2. The lowest BCUT2D eigenvalue weighted by atomic mass is 9.05. The minimum Gasteiger partial charge on any atom is -0.379 e. The molecule has 4 aromatic heterocycles. The highest BCUT2D eigenvalue weighted by Gasteiger charge is 2.66. The molecule has 0 radical (unpaired) electrons. The van der Waals surface area contributed by atoms with Crippen LogP contribution in [0.5, 0.6) is 0 Å². The Morgan fingerprint density at radius 2 is 1.46 bits per heavy atom. The first-order chi connectivity index (χ1) is 18.9. The van der Waals surface area contributed by atoms with E-state index in [0.29, 0.717) is 11.4 Å². The van der Waals surface area contributed by atoms with E-state index in [1.54, 1.807) is 24.8 Å². The molecule has 0 aromatic carbocycles. The number of fused-ring (bicyclic) bond motifs is 1. The first-order valence-electron chi connectivity index (χ1n) is 14.2. The average molecular weight is 532 g/mol. The summed E-state index contributed by atoms with van der Waals surface area (Å²) in [7, 11) is 25.3. The van der Waals surface area contributed by atoms with Gasteiger partial charge in [-0.3, -0.25) is 9.78 Å². The van der Waals surface area contributed by atoms with Crippen LogP contribution in [-0.2, 0) is 7.05 Å². The molecule has 5 heterocycles. The summed E-state index contributed by atoms with van der Waals surface area (Å²) in [5.41, 5.74) is 3.19. The van der Waals surface area contributed by atoms with Gasteiger partial charge in [-0.25, -0.2) is 15.0 Å². The molecule has 4 aromatic rings. The molecule has 1 saturated heterocycles. The van der Waals surface area contributed by atoms with Gasteiger partial charge in [-0.1, -0.05) is 15.6 Å². The molecule has 0 atom stereocenters. The van der Waals surface area contributed by atoms with Gasteiger partial charge in [0.2, 0.25) is 0 Å². The molecule has 18 heteroatoms. The van der Waals surface area contributed by atoms with E-state index >= 15 is 0 Å². The van der Waals surface area contributed by atoms with Crippen molar-refractivity contribution in [1.82, 2.24) is 24.5 Å². The normalized spacial score (nSPS) is 19.9.